The van der Waals surface area contributed by atoms with E-state index in [-0.39, 0.29) is 12.7 Å². The second-order valence-corrected chi connectivity index (χ2v) is 7.00. The van der Waals surface area contributed by atoms with E-state index in [1.54, 1.807) is 18.2 Å². The molecule has 160 valence electrons. The summed E-state index contributed by atoms with van der Waals surface area (Å²) >= 11 is 0. The number of carbonyl (C=O) groups excluding carboxylic acids is 1. The molecule has 31 heavy (non-hydrogen) atoms. The van der Waals surface area contributed by atoms with Crippen LogP contribution in [-0.2, 0) is 9.47 Å². The summed E-state index contributed by atoms with van der Waals surface area (Å²) < 4.78 is 15.9. The number of aromatic nitrogens is 4. The van der Waals surface area contributed by atoms with Gasteiger partial charge in [-0.2, -0.15) is 0 Å². The Bertz CT molecular complexity index is 1080. The third-order valence-electron chi connectivity index (χ3n) is 4.91. The lowest BCUT2D eigenvalue weighted by molar-refractivity contribution is 0.0741. The van der Waals surface area contributed by atoms with Crippen molar-refractivity contribution in [3.8, 4) is 23.0 Å². The van der Waals surface area contributed by atoms with Crippen LogP contribution in [0, 0.1) is 6.92 Å². The lowest BCUT2D eigenvalue weighted by Gasteiger charge is -2.25. The molecule has 0 N–H and O–H groups in total. The molecule has 1 aliphatic heterocycles. The van der Waals surface area contributed by atoms with E-state index in [4.69, 9.17) is 18.9 Å². The number of benzene rings is 1. The Balaban J connectivity index is 1.50. The smallest absolute Gasteiger partial charge is 0.410 e. The van der Waals surface area contributed by atoms with E-state index < -0.39 is 0 Å². The molecule has 3 heterocycles. The minimum absolute atomic E-state index is 0.240. The van der Waals surface area contributed by atoms with Gasteiger partial charge in [0.25, 0.3) is 5.89 Å². The number of hydrogen-bond acceptors (Lipinski definition) is 8. The van der Waals surface area contributed by atoms with Crippen LogP contribution in [0.1, 0.15) is 17.8 Å². The highest BCUT2D eigenvalue weighted by Crippen LogP contribution is 2.27. The second kappa shape index (κ2) is 9.48. The number of amides is 1. The average molecular weight is 421 g/mol. The van der Waals surface area contributed by atoms with Gasteiger partial charge in [0.1, 0.15) is 12.3 Å². The van der Waals surface area contributed by atoms with Crippen LogP contribution in [0.3, 0.4) is 0 Å². The van der Waals surface area contributed by atoms with Crippen LogP contribution in [-0.4, -0.2) is 64.6 Å². The first-order valence-electron chi connectivity index (χ1n) is 9.98. The van der Waals surface area contributed by atoms with Crippen LogP contribution >= 0.6 is 0 Å². The molecule has 0 unspecified atom stereocenters. The first-order valence-corrected chi connectivity index (χ1v) is 9.98. The fourth-order valence-corrected chi connectivity index (χ4v) is 3.19. The zero-order chi connectivity index (χ0) is 21.6. The molecule has 0 spiro atoms. The van der Waals surface area contributed by atoms with Crippen molar-refractivity contribution in [1.82, 2.24) is 25.1 Å². The molecule has 3 aromatic rings. The Hall–Kier alpha value is -3.59. The normalized spacial score (nSPS) is 13.7. The van der Waals surface area contributed by atoms with E-state index in [9.17, 15) is 4.79 Å². The Kier molecular flexibility index (Phi) is 6.32. The van der Waals surface area contributed by atoms with Crippen molar-refractivity contribution in [3.63, 3.8) is 0 Å². The number of ether oxygens (including phenoxy) is 2. The Morgan fingerprint density at radius 3 is 2.71 bits per heavy atom. The van der Waals surface area contributed by atoms with Gasteiger partial charge in [-0.3, -0.25) is 4.98 Å². The molecule has 0 radical (unpaired) electrons. The lowest BCUT2D eigenvalue weighted by Crippen LogP contribution is -2.35. The van der Waals surface area contributed by atoms with Gasteiger partial charge in [-0.05, 0) is 31.1 Å². The number of carbonyl (C=O) groups is 1. The van der Waals surface area contributed by atoms with Gasteiger partial charge in [-0.15, -0.1) is 10.2 Å². The van der Waals surface area contributed by atoms with Crippen LogP contribution in [0.2, 0.25) is 0 Å². The van der Waals surface area contributed by atoms with Crippen molar-refractivity contribution in [2.45, 2.75) is 13.3 Å². The van der Waals surface area contributed by atoms with Gasteiger partial charge in [-0.1, -0.05) is 24.3 Å². The summed E-state index contributed by atoms with van der Waals surface area (Å²) in [7, 11) is 1.57. The predicted molar refractivity (Wildman–Crippen MR) is 113 cm³/mol. The third kappa shape index (κ3) is 4.77. The quantitative estimate of drug-likeness (QED) is 0.558. The number of aryl methyl sites for hydroxylation is 1. The number of methoxy groups -OCH3 is 1. The molecule has 4 rings (SSSR count). The van der Waals surface area contributed by atoms with Gasteiger partial charge in [0.2, 0.25) is 5.89 Å². The molecule has 0 aliphatic carbocycles. The zero-order valence-corrected chi connectivity index (χ0v) is 17.4. The summed E-state index contributed by atoms with van der Waals surface area (Å²) in [5.41, 5.74) is 3.83. The molecule has 1 aromatic carbocycles. The fourth-order valence-electron chi connectivity index (χ4n) is 3.19. The Morgan fingerprint density at radius 1 is 1.16 bits per heavy atom. The lowest BCUT2D eigenvalue weighted by atomic mass is 10.1. The highest BCUT2D eigenvalue weighted by atomic mass is 16.6. The van der Waals surface area contributed by atoms with E-state index in [1.807, 2.05) is 43.3 Å². The maximum Gasteiger partial charge on any atom is 0.410 e. The summed E-state index contributed by atoms with van der Waals surface area (Å²) in [5.74, 6) is 0.757. The van der Waals surface area contributed by atoms with Crippen molar-refractivity contribution in [3.05, 3.63) is 54.0 Å². The van der Waals surface area contributed by atoms with Gasteiger partial charge in [0, 0.05) is 25.8 Å². The van der Waals surface area contributed by atoms with E-state index in [1.165, 1.54) is 0 Å². The van der Waals surface area contributed by atoms with Crippen LogP contribution in [0.5, 0.6) is 0 Å². The Labute approximate surface area is 179 Å². The topological polar surface area (TPSA) is 103 Å². The van der Waals surface area contributed by atoms with Crippen LogP contribution in [0.15, 0.2) is 47.0 Å². The third-order valence-corrected chi connectivity index (χ3v) is 4.91. The average Bonchev–Trinajstić information content (AvgIpc) is 3.30. The maximum atomic E-state index is 12.1. The van der Waals surface area contributed by atoms with Crippen molar-refractivity contribution >= 4 is 11.7 Å². The SMILES string of the molecule is COCCOC(=O)N1CC=C(c2cnc(C)c(-c3nnc(-c4ccccc4)o3)n2)CC1. The molecule has 0 saturated carbocycles. The van der Waals surface area contributed by atoms with Gasteiger partial charge in [0.15, 0.2) is 0 Å². The standard InChI is InChI=1S/C22H23N5O4/c1-15-19(21-26-25-20(31-21)17-6-4-3-5-7-17)24-18(14-23-15)16-8-10-27(11-9-16)22(28)30-13-12-29-2/h3-8,14H,9-13H2,1-2H3. The molecule has 0 fully saturated rings. The number of hydrogen-bond donors (Lipinski definition) is 0. The zero-order valence-electron chi connectivity index (χ0n) is 17.4. The van der Waals surface area contributed by atoms with Crippen LogP contribution < -0.4 is 0 Å². The summed E-state index contributed by atoms with van der Waals surface area (Å²) in [6.07, 6.45) is 4.00. The highest BCUT2D eigenvalue weighted by molar-refractivity contribution is 5.72. The largest absolute Gasteiger partial charge is 0.447 e. The number of nitrogens with zero attached hydrogens (tertiary/aromatic N) is 5. The molecular formula is C22H23N5O4. The first kappa shape index (κ1) is 20.7. The summed E-state index contributed by atoms with van der Waals surface area (Å²) in [6.45, 7) is 3.46. The first-order chi connectivity index (χ1) is 15.2. The van der Waals surface area contributed by atoms with Crippen LogP contribution in [0.4, 0.5) is 4.79 Å². The van der Waals surface area contributed by atoms with Gasteiger partial charge in [-0.25, -0.2) is 9.78 Å². The minimum atomic E-state index is -0.345. The van der Waals surface area contributed by atoms with Crippen molar-refractivity contribution < 1.29 is 18.7 Å². The molecule has 0 saturated heterocycles. The van der Waals surface area contributed by atoms with Gasteiger partial charge < -0.3 is 18.8 Å². The van der Waals surface area contributed by atoms with Gasteiger partial charge in [0.05, 0.1) is 24.2 Å². The predicted octanol–water partition coefficient (Wildman–Crippen LogP) is 3.37. The van der Waals surface area contributed by atoms with Crippen molar-refractivity contribution in [2.24, 2.45) is 0 Å². The molecule has 1 aliphatic rings. The van der Waals surface area contributed by atoms with Crippen molar-refractivity contribution in [1.29, 1.82) is 0 Å². The molecule has 9 nitrogen and oxygen atoms in total. The van der Waals surface area contributed by atoms with Crippen molar-refractivity contribution in [2.75, 3.05) is 33.4 Å². The monoisotopic (exact) mass is 421 g/mol. The van der Waals surface area contributed by atoms with E-state index in [2.05, 4.69) is 15.2 Å². The summed E-state index contributed by atoms with van der Waals surface area (Å²) in [5, 5.41) is 8.30. The molecule has 2 aromatic heterocycles. The molecular weight excluding hydrogens is 398 g/mol. The van der Waals surface area contributed by atoms with Gasteiger partial charge >= 0.3 is 6.09 Å². The number of rotatable bonds is 6. The Morgan fingerprint density at radius 2 is 1.97 bits per heavy atom. The fraction of sp³-hybridized carbons (Fsp3) is 0.318. The molecule has 9 heteroatoms. The molecule has 0 bridgehead atoms. The molecule has 1 amide bonds. The maximum absolute atomic E-state index is 12.1. The van der Waals surface area contributed by atoms with E-state index >= 15 is 0 Å². The molecule has 0 atom stereocenters. The highest BCUT2D eigenvalue weighted by Gasteiger charge is 2.21. The second-order valence-electron chi connectivity index (χ2n) is 7.00. The summed E-state index contributed by atoms with van der Waals surface area (Å²) in [6, 6.07) is 9.57. The van der Waals surface area contributed by atoms with E-state index in [0.29, 0.717) is 49.3 Å². The van der Waals surface area contributed by atoms with E-state index in [0.717, 1.165) is 16.8 Å². The minimum Gasteiger partial charge on any atom is -0.447 e. The summed E-state index contributed by atoms with van der Waals surface area (Å²) in [4.78, 5) is 22.9. The van der Waals surface area contributed by atoms with Crippen LogP contribution in [0.25, 0.3) is 28.6 Å².